The lowest BCUT2D eigenvalue weighted by molar-refractivity contribution is -0.122. The third-order valence-electron chi connectivity index (χ3n) is 4.83. The van der Waals surface area contributed by atoms with Crippen molar-refractivity contribution in [2.45, 2.75) is 5.60 Å². The molecule has 138 valence electrons. The van der Waals surface area contributed by atoms with Crippen LogP contribution in [0.25, 0.3) is 6.08 Å². The van der Waals surface area contributed by atoms with Crippen LogP contribution in [-0.2, 0) is 15.1 Å². The zero-order valence-corrected chi connectivity index (χ0v) is 15.2. The molecule has 4 heteroatoms. The van der Waals surface area contributed by atoms with Gasteiger partial charge in [0.1, 0.15) is 0 Å². The first-order valence-electron chi connectivity index (χ1n) is 9.08. The van der Waals surface area contributed by atoms with Crippen LogP contribution in [0.5, 0.6) is 0 Å². The first kappa shape index (κ1) is 17.7. The van der Waals surface area contributed by atoms with E-state index in [1.54, 1.807) is 6.08 Å². The highest BCUT2D eigenvalue weighted by molar-refractivity contribution is 6.02. The summed E-state index contributed by atoms with van der Waals surface area (Å²) >= 11 is 0. The van der Waals surface area contributed by atoms with Gasteiger partial charge in [-0.3, -0.25) is 4.79 Å². The van der Waals surface area contributed by atoms with E-state index < -0.39 is 17.6 Å². The quantitative estimate of drug-likeness (QED) is 0.630. The molecule has 0 aromatic heterocycles. The smallest absolute Gasteiger partial charge is 0.418 e. The number of imide groups is 1. The van der Waals surface area contributed by atoms with Gasteiger partial charge in [-0.05, 0) is 11.6 Å². The lowest BCUT2D eigenvalue weighted by atomic mass is 9.86. The van der Waals surface area contributed by atoms with Crippen LogP contribution in [0.1, 0.15) is 16.7 Å². The van der Waals surface area contributed by atoms with Gasteiger partial charge in [-0.25, -0.2) is 9.69 Å². The predicted octanol–water partition coefficient (Wildman–Crippen LogP) is 4.62. The number of carbonyl (C=O) groups is 2. The summed E-state index contributed by atoms with van der Waals surface area (Å²) in [4.78, 5) is 26.5. The van der Waals surface area contributed by atoms with E-state index in [-0.39, 0.29) is 6.54 Å². The van der Waals surface area contributed by atoms with Crippen molar-refractivity contribution in [3.05, 3.63) is 114 Å². The highest BCUT2D eigenvalue weighted by Crippen LogP contribution is 2.39. The Morgan fingerprint density at radius 3 is 1.86 bits per heavy atom. The summed E-state index contributed by atoms with van der Waals surface area (Å²) in [6.45, 7) is 0.123. The molecule has 3 aromatic carbocycles. The molecule has 4 nitrogen and oxygen atoms in total. The van der Waals surface area contributed by atoms with Gasteiger partial charge >= 0.3 is 6.09 Å². The Hall–Kier alpha value is -3.66. The minimum Gasteiger partial charge on any atom is -0.431 e. The Morgan fingerprint density at radius 2 is 1.32 bits per heavy atom. The number of amides is 2. The first-order valence-corrected chi connectivity index (χ1v) is 9.08. The van der Waals surface area contributed by atoms with Gasteiger partial charge in [0.05, 0.1) is 6.54 Å². The molecule has 4 rings (SSSR count). The number of ether oxygens (including phenoxy) is 1. The van der Waals surface area contributed by atoms with Crippen molar-refractivity contribution in [2.75, 3.05) is 6.54 Å². The van der Waals surface area contributed by atoms with Crippen molar-refractivity contribution < 1.29 is 14.3 Å². The molecule has 1 fully saturated rings. The van der Waals surface area contributed by atoms with E-state index in [0.29, 0.717) is 0 Å². The summed E-state index contributed by atoms with van der Waals surface area (Å²) in [6, 6.07) is 28.5. The predicted molar refractivity (Wildman–Crippen MR) is 107 cm³/mol. The van der Waals surface area contributed by atoms with Crippen molar-refractivity contribution in [3.63, 3.8) is 0 Å². The Labute approximate surface area is 163 Å². The van der Waals surface area contributed by atoms with E-state index in [4.69, 9.17) is 4.74 Å². The Bertz CT molecular complexity index is 958. The summed E-state index contributed by atoms with van der Waals surface area (Å²) in [5.74, 6) is -0.400. The average Bonchev–Trinajstić information content (AvgIpc) is 3.13. The van der Waals surface area contributed by atoms with Crippen LogP contribution in [0.3, 0.4) is 0 Å². The van der Waals surface area contributed by atoms with Gasteiger partial charge in [0, 0.05) is 17.2 Å². The maximum atomic E-state index is 12.7. The van der Waals surface area contributed by atoms with Gasteiger partial charge in [-0.15, -0.1) is 0 Å². The lowest BCUT2D eigenvalue weighted by Crippen LogP contribution is -2.35. The fourth-order valence-corrected chi connectivity index (χ4v) is 3.40. The van der Waals surface area contributed by atoms with E-state index in [1.165, 1.54) is 6.08 Å². The molecule has 1 saturated heterocycles. The molecule has 0 N–H and O–H groups in total. The van der Waals surface area contributed by atoms with Gasteiger partial charge in [0.2, 0.25) is 0 Å². The second-order valence-corrected chi connectivity index (χ2v) is 6.60. The number of nitrogens with zero attached hydrogens (tertiary/aromatic N) is 1. The largest absolute Gasteiger partial charge is 0.431 e. The number of rotatable bonds is 4. The van der Waals surface area contributed by atoms with Crippen molar-refractivity contribution >= 4 is 18.1 Å². The molecule has 2 amide bonds. The molecule has 3 aromatic rings. The molecule has 0 bridgehead atoms. The van der Waals surface area contributed by atoms with E-state index in [9.17, 15) is 9.59 Å². The summed E-state index contributed by atoms with van der Waals surface area (Å²) in [6.07, 6.45) is 2.46. The molecule has 28 heavy (non-hydrogen) atoms. The Morgan fingerprint density at radius 1 is 0.821 bits per heavy atom. The van der Waals surface area contributed by atoms with Gasteiger partial charge in [-0.2, -0.15) is 0 Å². The molecule has 0 saturated carbocycles. The third kappa shape index (κ3) is 3.32. The zero-order valence-electron chi connectivity index (χ0n) is 15.2. The normalized spacial score (nSPS) is 15.6. The second-order valence-electron chi connectivity index (χ2n) is 6.60. The highest BCUT2D eigenvalue weighted by Gasteiger charge is 2.49. The number of hydrogen-bond acceptors (Lipinski definition) is 3. The number of benzene rings is 3. The van der Waals surface area contributed by atoms with E-state index in [0.717, 1.165) is 21.6 Å². The van der Waals surface area contributed by atoms with Crippen molar-refractivity contribution in [3.8, 4) is 0 Å². The summed E-state index contributed by atoms with van der Waals surface area (Å²) < 4.78 is 5.84. The molecular formula is C24H19NO3. The molecular weight excluding hydrogens is 350 g/mol. The van der Waals surface area contributed by atoms with E-state index >= 15 is 0 Å². The second kappa shape index (κ2) is 7.53. The number of carbonyl (C=O) groups excluding carboxylic acids is 2. The third-order valence-corrected chi connectivity index (χ3v) is 4.83. The van der Waals surface area contributed by atoms with Crippen molar-refractivity contribution in [1.29, 1.82) is 0 Å². The minimum atomic E-state index is -1.02. The highest BCUT2D eigenvalue weighted by atomic mass is 16.6. The van der Waals surface area contributed by atoms with E-state index in [2.05, 4.69) is 0 Å². The maximum absolute atomic E-state index is 12.7. The van der Waals surface area contributed by atoms with Gasteiger partial charge in [0.15, 0.2) is 5.60 Å². The number of cyclic esters (lactones) is 1. The maximum Gasteiger partial charge on any atom is 0.418 e. The molecule has 1 aliphatic rings. The van der Waals surface area contributed by atoms with Gasteiger partial charge in [-0.1, -0.05) is 91.0 Å². The first-order chi connectivity index (χ1) is 13.7. The average molecular weight is 369 g/mol. The SMILES string of the molecule is O=C(/C=C/c1ccccc1)N1CC(c2ccccc2)(c2ccccc2)OC1=O. The van der Waals surface area contributed by atoms with E-state index in [1.807, 2.05) is 91.0 Å². The molecule has 0 radical (unpaired) electrons. The molecule has 0 spiro atoms. The molecule has 0 atom stereocenters. The minimum absolute atomic E-state index is 0.123. The summed E-state index contributed by atoms with van der Waals surface area (Å²) in [5.41, 5.74) is 1.53. The molecule has 0 unspecified atom stereocenters. The molecule has 1 aliphatic heterocycles. The van der Waals surface area contributed by atoms with Crippen LogP contribution in [0.2, 0.25) is 0 Å². The molecule has 0 aliphatic carbocycles. The summed E-state index contributed by atoms with van der Waals surface area (Å²) in [7, 11) is 0. The fraction of sp³-hybridized carbons (Fsp3) is 0.0833. The van der Waals surface area contributed by atoms with Crippen molar-refractivity contribution in [1.82, 2.24) is 4.90 Å². The fourth-order valence-electron chi connectivity index (χ4n) is 3.40. The van der Waals surface area contributed by atoms with Crippen LogP contribution in [0, 0.1) is 0 Å². The van der Waals surface area contributed by atoms with Gasteiger partial charge < -0.3 is 4.74 Å². The van der Waals surface area contributed by atoms with Crippen molar-refractivity contribution in [2.24, 2.45) is 0 Å². The number of hydrogen-bond donors (Lipinski definition) is 0. The topological polar surface area (TPSA) is 46.6 Å². The standard InChI is InChI=1S/C24H19NO3/c26-22(17-16-19-10-4-1-5-11-19)25-18-24(28-23(25)27,20-12-6-2-7-13-20)21-14-8-3-9-15-21/h1-17H,18H2/b17-16+. The van der Waals surface area contributed by atoms with Crippen LogP contribution in [0.4, 0.5) is 4.79 Å². The summed E-state index contributed by atoms with van der Waals surface area (Å²) in [5, 5.41) is 0. The lowest BCUT2D eigenvalue weighted by Gasteiger charge is -2.27. The van der Waals surface area contributed by atoms with Crippen LogP contribution in [-0.4, -0.2) is 23.4 Å². The zero-order chi connectivity index (χ0) is 19.4. The van der Waals surface area contributed by atoms with Gasteiger partial charge in [0.25, 0.3) is 5.91 Å². The molecule has 1 heterocycles. The Kier molecular flexibility index (Phi) is 4.77. The van der Waals surface area contributed by atoms with Crippen LogP contribution < -0.4 is 0 Å². The van der Waals surface area contributed by atoms with Crippen LogP contribution in [0.15, 0.2) is 97.1 Å². The Balaban J connectivity index is 1.67. The monoisotopic (exact) mass is 369 g/mol. The van der Waals surface area contributed by atoms with Crippen LogP contribution >= 0.6 is 0 Å².